The number of carboxylic acids is 1. The van der Waals surface area contributed by atoms with Crippen LogP contribution in [0.4, 0.5) is 0 Å². The Morgan fingerprint density at radius 2 is 1.80 bits per heavy atom. The number of nitrogens with zero attached hydrogens (tertiary/aromatic N) is 1. The largest absolute Gasteiger partial charge is 0.489 e. The summed E-state index contributed by atoms with van der Waals surface area (Å²) in [6.07, 6.45) is 1.26. The highest BCUT2D eigenvalue weighted by atomic mass is 35.5. The zero-order valence-corrected chi connectivity index (χ0v) is 14.4. The Morgan fingerprint density at radius 3 is 2.44 bits per heavy atom. The fraction of sp³-hybridized carbons (Fsp3) is 0.111. The Bertz CT molecular complexity index is 843. The van der Waals surface area contributed by atoms with Crippen LogP contribution in [0, 0.1) is 11.3 Å². The second-order valence-corrected chi connectivity index (χ2v) is 5.63. The lowest BCUT2D eigenvalue weighted by Gasteiger charge is -2.11. The first-order chi connectivity index (χ1) is 12.0. The van der Waals surface area contributed by atoms with Gasteiger partial charge in [-0.05, 0) is 30.3 Å². The number of hydrogen-bond acceptors (Lipinski definition) is 4. The van der Waals surface area contributed by atoms with E-state index in [2.05, 4.69) is 0 Å². The van der Waals surface area contributed by atoms with Crippen LogP contribution in [0.1, 0.15) is 5.56 Å². The van der Waals surface area contributed by atoms with Gasteiger partial charge in [0.15, 0.2) is 0 Å². The number of halogens is 2. The molecule has 0 aliphatic heterocycles. The molecular formula is C18H13Cl2NO4. The van der Waals surface area contributed by atoms with Crippen molar-refractivity contribution >= 4 is 35.2 Å². The van der Waals surface area contributed by atoms with Crippen molar-refractivity contribution in [1.29, 1.82) is 5.26 Å². The molecule has 0 amide bonds. The second-order valence-electron chi connectivity index (χ2n) is 4.78. The number of benzene rings is 2. The highest BCUT2D eigenvalue weighted by Crippen LogP contribution is 2.27. The zero-order chi connectivity index (χ0) is 18.2. The number of ether oxygens (including phenoxy) is 2. The molecule has 2 rings (SSSR count). The van der Waals surface area contributed by atoms with Gasteiger partial charge < -0.3 is 14.6 Å². The number of carbonyl (C=O) groups is 1. The SMILES string of the molecule is N#CC(=Cc1ccccc1OCCOc1ccc(Cl)cc1Cl)C(=O)O. The third-order valence-electron chi connectivity index (χ3n) is 3.06. The number of rotatable bonds is 7. The lowest BCUT2D eigenvalue weighted by molar-refractivity contribution is -0.132. The molecule has 0 saturated carbocycles. The number of aliphatic carboxylic acids is 1. The van der Waals surface area contributed by atoms with E-state index in [0.29, 0.717) is 27.1 Å². The maximum atomic E-state index is 10.9. The molecule has 0 aromatic heterocycles. The van der Waals surface area contributed by atoms with Crippen LogP contribution in [0.15, 0.2) is 48.0 Å². The number of para-hydroxylation sites is 1. The molecule has 5 nitrogen and oxygen atoms in total. The van der Waals surface area contributed by atoms with Crippen LogP contribution in [0.3, 0.4) is 0 Å². The van der Waals surface area contributed by atoms with Gasteiger partial charge in [-0.3, -0.25) is 0 Å². The van der Waals surface area contributed by atoms with E-state index in [1.807, 2.05) is 0 Å². The first kappa shape index (κ1) is 18.7. The molecule has 0 spiro atoms. The third kappa shape index (κ3) is 5.42. The fourth-order valence-electron chi connectivity index (χ4n) is 1.92. The fourth-order valence-corrected chi connectivity index (χ4v) is 2.39. The zero-order valence-electron chi connectivity index (χ0n) is 12.9. The predicted octanol–water partition coefficient (Wildman–Crippen LogP) is 4.44. The van der Waals surface area contributed by atoms with E-state index in [-0.39, 0.29) is 18.8 Å². The lowest BCUT2D eigenvalue weighted by Crippen LogP contribution is -2.10. The molecule has 1 N–H and O–H groups in total. The molecule has 0 aliphatic carbocycles. The quantitative estimate of drug-likeness (QED) is 0.438. The molecule has 0 fully saturated rings. The molecule has 0 heterocycles. The van der Waals surface area contributed by atoms with Gasteiger partial charge in [-0.25, -0.2) is 4.79 Å². The van der Waals surface area contributed by atoms with Crippen LogP contribution in [0.5, 0.6) is 11.5 Å². The summed E-state index contributed by atoms with van der Waals surface area (Å²) in [6.45, 7) is 0.433. The average molecular weight is 378 g/mol. The number of carboxylic acid groups (broad SMARTS) is 1. The normalized spacial score (nSPS) is 10.8. The molecule has 128 valence electrons. The van der Waals surface area contributed by atoms with Crippen LogP contribution in [0.25, 0.3) is 6.08 Å². The highest BCUT2D eigenvalue weighted by Gasteiger charge is 2.09. The Balaban J connectivity index is 2.00. The van der Waals surface area contributed by atoms with Gasteiger partial charge in [0.25, 0.3) is 0 Å². The maximum absolute atomic E-state index is 10.9. The Kier molecular flexibility index (Phi) is 6.70. The van der Waals surface area contributed by atoms with Crippen molar-refractivity contribution < 1.29 is 19.4 Å². The van der Waals surface area contributed by atoms with E-state index in [9.17, 15) is 4.79 Å². The lowest BCUT2D eigenvalue weighted by atomic mass is 10.1. The van der Waals surface area contributed by atoms with Gasteiger partial charge in [0.1, 0.15) is 36.4 Å². The highest BCUT2D eigenvalue weighted by molar-refractivity contribution is 6.35. The number of nitriles is 1. The first-order valence-electron chi connectivity index (χ1n) is 7.16. The van der Waals surface area contributed by atoms with E-state index in [0.717, 1.165) is 0 Å². The maximum Gasteiger partial charge on any atom is 0.346 e. The third-order valence-corrected chi connectivity index (χ3v) is 3.59. The molecule has 0 bridgehead atoms. The molecular weight excluding hydrogens is 365 g/mol. The van der Waals surface area contributed by atoms with Gasteiger partial charge in [-0.2, -0.15) is 5.26 Å². The summed E-state index contributed by atoms with van der Waals surface area (Å²) < 4.78 is 11.1. The summed E-state index contributed by atoms with van der Waals surface area (Å²) >= 11 is 11.8. The second kappa shape index (κ2) is 8.97. The van der Waals surface area contributed by atoms with Crippen molar-refractivity contribution in [3.63, 3.8) is 0 Å². The van der Waals surface area contributed by atoms with Gasteiger partial charge in [-0.15, -0.1) is 0 Å². The molecule has 2 aromatic carbocycles. The van der Waals surface area contributed by atoms with E-state index < -0.39 is 5.97 Å². The minimum atomic E-state index is -1.29. The topological polar surface area (TPSA) is 79.5 Å². The van der Waals surface area contributed by atoms with Crippen LogP contribution >= 0.6 is 23.2 Å². The Hall–Kier alpha value is -2.68. The molecule has 0 unspecified atom stereocenters. The van der Waals surface area contributed by atoms with E-state index in [4.69, 9.17) is 43.0 Å². The minimum absolute atomic E-state index is 0.207. The summed E-state index contributed by atoms with van der Waals surface area (Å²) in [5.41, 5.74) is 0.117. The average Bonchev–Trinajstić information content (AvgIpc) is 2.58. The van der Waals surface area contributed by atoms with Crippen molar-refractivity contribution in [1.82, 2.24) is 0 Å². The molecule has 7 heteroatoms. The summed E-state index contributed by atoms with van der Waals surface area (Å²) in [7, 11) is 0. The summed E-state index contributed by atoms with van der Waals surface area (Å²) in [5, 5.41) is 18.7. The smallest absolute Gasteiger partial charge is 0.346 e. The van der Waals surface area contributed by atoms with Crippen molar-refractivity contribution in [2.45, 2.75) is 0 Å². The van der Waals surface area contributed by atoms with Gasteiger partial charge >= 0.3 is 5.97 Å². The summed E-state index contributed by atoms with van der Waals surface area (Å²) in [4.78, 5) is 10.9. The van der Waals surface area contributed by atoms with Crippen LogP contribution in [0.2, 0.25) is 10.0 Å². The van der Waals surface area contributed by atoms with Crippen LogP contribution in [-0.4, -0.2) is 24.3 Å². The Labute approximate surface area is 154 Å². The van der Waals surface area contributed by atoms with E-state index in [1.54, 1.807) is 48.5 Å². The minimum Gasteiger partial charge on any atom is -0.489 e. The van der Waals surface area contributed by atoms with Crippen molar-refractivity contribution in [3.05, 3.63) is 63.6 Å². The van der Waals surface area contributed by atoms with Crippen molar-refractivity contribution in [3.8, 4) is 17.6 Å². The first-order valence-corrected chi connectivity index (χ1v) is 7.91. The molecule has 0 saturated heterocycles. The monoisotopic (exact) mass is 377 g/mol. The van der Waals surface area contributed by atoms with E-state index >= 15 is 0 Å². The summed E-state index contributed by atoms with van der Waals surface area (Å²) in [5.74, 6) is -0.360. The molecule has 0 radical (unpaired) electrons. The molecule has 0 aliphatic rings. The van der Waals surface area contributed by atoms with Gasteiger partial charge in [0.05, 0.1) is 5.02 Å². The van der Waals surface area contributed by atoms with Crippen molar-refractivity contribution in [2.75, 3.05) is 13.2 Å². The molecule has 0 atom stereocenters. The van der Waals surface area contributed by atoms with Gasteiger partial charge in [0.2, 0.25) is 0 Å². The predicted molar refractivity (Wildman–Crippen MR) is 95.1 cm³/mol. The van der Waals surface area contributed by atoms with Gasteiger partial charge in [0, 0.05) is 10.6 Å². The number of hydrogen-bond donors (Lipinski definition) is 1. The molecule has 2 aromatic rings. The Morgan fingerprint density at radius 1 is 1.12 bits per heavy atom. The molecule has 25 heavy (non-hydrogen) atoms. The summed E-state index contributed by atoms with van der Waals surface area (Å²) in [6, 6.07) is 13.3. The van der Waals surface area contributed by atoms with Gasteiger partial charge in [-0.1, -0.05) is 41.4 Å². The van der Waals surface area contributed by atoms with E-state index in [1.165, 1.54) is 6.08 Å². The van der Waals surface area contributed by atoms with Crippen molar-refractivity contribution in [2.24, 2.45) is 0 Å². The standard InChI is InChI=1S/C18H13Cl2NO4/c19-14-5-6-17(15(20)10-14)25-8-7-24-16-4-2-1-3-12(16)9-13(11-21)18(22)23/h1-6,9-10H,7-8H2,(H,22,23). The van der Waals surface area contributed by atoms with Crippen LogP contribution < -0.4 is 9.47 Å². The van der Waals surface area contributed by atoms with Crippen LogP contribution in [-0.2, 0) is 4.79 Å².